The predicted molar refractivity (Wildman–Crippen MR) is 76.5 cm³/mol. The van der Waals surface area contributed by atoms with Crippen LogP contribution in [-0.4, -0.2) is 48.4 Å². The van der Waals surface area contributed by atoms with Gasteiger partial charge in [0.25, 0.3) is 0 Å². The lowest BCUT2D eigenvalue weighted by Gasteiger charge is -2.23. The topological polar surface area (TPSA) is 49.8 Å². The summed E-state index contributed by atoms with van der Waals surface area (Å²) in [5.74, 6) is 0.429. The van der Waals surface area contributed by atoms with E-state index in [4.69, 9.17) is 4.74 Å². The third-order valence-corrected chi connectivity index (χ3v) is 3.97. The maximum absolute atomic E-state index is 13.4. The van der Waals surface area contributed by atoms with Crippen LogP contribution in [0.4, 0.5) is 4.39 Å². The van der Waals surface area contributed by atoms with Crippen molar-refractivity contribution in [1.29, 1.82) is 0 Å². The largest absolute Gasteiger partial charge is 0.496 e. The summed E-state index contributed by atoms with van der Waals surface area (Å²) >= 11 is 3.35. The maximum Gasteiger partial charge on any atom is 0.227 e. The van der Waals surface area contributed by atoms with E-state index in [1.54, 1.807) is 13.2 Å². The van der Waals surface area contributed by atoms with Crippen molar-refractivity contribution >= 4 is 21.8 Å². The average Bonchev–Trinajstić information content (AvgIpc) is 2.80. The van der Waals surface area contributed by atoms with Gasteiger partial charge >= 0.3 is 0 Å². The fourth-order valence-corrected chi connectivity index (χ4v) is 2.90. The molecule has 1 saturated heterocycles. The number of ether oxygens (including phenoxy) is 1. The van der Waals surface area contributed by atoms with Crippen molar-refractivity contribution in [2.24, 2.45) is 0 Å². The Kier molecular flexibility index (Phi) is 4.99. The van der Waals surface area contributed by atoms with Crippen molar-refractivity contribution in [3.05, 3.63) is 28.2 Å². The van der Waals surface area contributed by atoms with Crippen LogP contribution in [0.2, 0.25) is 0 Å². The van der Waals surface area contributed by atoms with Gasteiger partial charge < -0.3 is 14.7 Å². The molecule has 0 unspecified atom stereocenters. The van der Waals surface area contributed by atoms with Gasteiger partial charge in [-0.25, -0.2) is 4.39 Å². The second-order valence-electron chi connectivity index (χ2n) is 4.85. The third-order valence-electron chi connectivity index (χ3n) is 3.48. The van der Waals surface area contributed by atoms with Gasteiger partial charge in [-0.05, 0) is 18.2 Å². The van der Waals surface area contributed by atoms with Gasteiger partial charge in [0.05, 0.1) is 32.7 Å². The van der Waals surface area contributed by atoms with Crippen molar-refractivity contribution in [3.8, 4) is 5.75 Å². The van der Waals surface area contributed by atoms with Crippen LogP contribution in [-0.2, 0) is 11.2 Å². The molecule has 1 amide bonds. The Hall–Kier alpha value is -1.14. The molecule has 110 valence electrons. The molecule has 0 aromatic heterocycles. The summed E-state index contributed by atoms with van der Waals surface area (Å²) < 4.78 is 19.5. The molecule has 1 aliphatic rings. The fourth-order valence-electron chi connectivity index (χ4n) is 2.49. The Morgan fingerprint density at radius 1 is 1.60 bits per heavy atom. The lowest BCUT2D eigenvalue weighted by atomic mass is 10.1. The van der Waals surface area contributed by atoms with Crippen LogP contribution >= 0.6 is 15.9 Å². The van der Waals surface area contributed by atoms with Gasteiger partial charge in [-0.2, -0.15) is 0 Å². The Morgan fingerprint density at radius 2 is 2.35 bits per heavy atom. The van der Waals surface area contributed by atoms with Gasteiger partial charge in [0, 0.05) is 16.5 Å². The highest BCUT2D eigenvalue weighted by Crippen LogP contribution is 2.26. The van der Waals surface area contributed by atoms with Crippen molar-refractivity contribution in [1.82, 2.24) is 4.90 Å². The summed E-state index contributed by atoms with van der Waals surface area (Å²) in [4.78, 5) is 13.7. The molecule has 0 spiro atoms. The number of hydrogen-bond acceptors (Lipinski definition) is 3. The molecular weight excluding hydrogens is 329 g/mol. The number of carbonyl (C=O) groups is 1. The number of aliphatic hydroxyl groups is 1. The summed E-state index contributed by atoms with van der Waals surface area (Å²) in [6, 6.07) is 5.00. The van der Waals surface area contributed by atoms with Crippen LogP contribution in [0.5, 0.6) is 5.75 Å². The molecule has 0 radical (unpaired) electrons. The molecule has 0 aliphatic carbocycles. The molecule has 2 rings (SSSR count). The standard InChI is InChI=1S/C14H17BrFNO3/c1-20-13-3-2-10(15)4-9(13)5-14(19)17-7-11(16)6-12(17)8-18/h2-4,11-12,18H,5-8H2,1H3/t11-,12-/m0/s1. The molecule has 1 heterocycles. The molecule has 1 aromatic carbocycles. The quantitative estimate of drug-likeness (QED) is 0.907. The number of alkyl halides is 1. The SMILES string of the molecule is COc1ccc(Br)cc1CC(=O)N1C[C@@H](F)C[C@H]1CO. The van der Waals surface area contributed by atoms with Gasteiger partial charge in [-0.15, -0.1) is 0 Å². The highest BCUT2D eigenvalue weighted by Gasteiger charge is 2.34. The first-order valence-electron chi connectivity index (χ1n) is 6.42. The van der Waals surface area contributed by atoms with Crippen molar-refractivity contribution in [3.63, 3.8) is 0 Å². The number of aliphatic hydroxyl groups excluding tert-OH is 1. The monoisotopic (exact) mass is 345 g/mol. The second-order valence-corrected chi connectivity index (χ2v) is 5.76. The zero-order chi connectivity index (χ0) is 14.7. The number of rotatable bonds is 4. The maximum atomic E-state index is 13.4. The van der Waals surface area contributed by atoms with E-state index in [0.717, 1.165) is 10.0 Å². The average molecular weight is 346 g/mol. The Morgan fingerprint density at radius 3 is 3.00 bits per heavy atom. The molecule has 1 aliphatic heterocycles. The molecule has 1 N–H and O–H groups in total. The Balaban J connectivity index is 2.13. The fraction of sp³-hybridized carbons (Fsp3) is 0.500. The van der Waals surface area contributed by atoms with E-state index in [1.807, 2.05) is 12.1 Å². The van der Waals surface area contributed by atoms with Crippen LogP contribution in [0.15, 0.2) is 22.7 Å². The van der Waals surface area contributed by atoms with E-state index in [-0.39, 0.29) is 31.9 Å². The van der Waals surface area contributed by atoms with E-state index in [2.05, 4.69) is 15.9 Å². The highest BCUT2D eigenvalue weighted by molar-refractivity contribution is 9.10. The summed E-state index contributed by atoms with van der Waals surface area (Å²) in [5, 5.41) is 9.22. The minimum absolute atomic E-state index is 0.0559. The van der Waals surface area contributed by atoms with Gasteiger partial charge in [0.15, 0.2) is 0 Å². The zero-order valence-corrected chi connectivity index (χ0v) is 12.8. The Bertz CT molecular complexity index is 497. The molecule has 1 fully saturated rings. The smallest absolute Gasteiger partial charge is 0.227 e. The summed E-state index contributed by atoms with van der Waals surface area (Å²) in [5.41, 5.74) is 0.742. The van der Waals surface area contributed by atoms with Crippen LogP contribution < -0.4 is 4.74 Å². The van der Waals surface area contributed by atoms with Gasteiger partial charge in [-0.1, -0.05) is 15.9 Å². The van der Waals surface area contributed by atoms with Crippen molar-refractivity contribution in [2.75, 3.05) is 20.3 Å². The number of hydrogen-bond donors (Lipinski definition) is 1. The summed E-state index contributed by atoms with van der Waals surface area (Å²) in [7, 11) is 1.54. The third kappa shape index (κ3) is 3.30. The van der Waals surface area contributed by atoms with E-state index in [9.17, 15) is 14.3 Å². The first kappa shape index (κ1) is 15.3. The minimum Gasteiger partial charge on any atom is -0.496 e. The van der Waals surface area contributed by atoms with Gasteiger partial charge in [0.1, 0.15) is 11.9 Å². The van der Waals surface area contributed by atoms with Crippen LogP contribution in [0.1, 0.15) is 12.0 Å². The number of benzene rings is 1. The zero-order valence-electron chi connectivity index (χ0n) is 11.2. The van der Waals surface area contributed by atoms with Crippen LogP contribution in [0, 0.1) is 0 Å². The number of nitrogens with zero attached hydrogens (tertiary/aromatic N) is 1. The van der Waals surface area contributed by atoms with Crippen LogP contribution in [0.25, 0.3) is 0 Å². The summed E-state index contributed by atoms with van der Waals surface area (Å²) in [6.07, 6.45) is -0.718. The predicted octanol–water partition coefficient (Wildman–Crippen LogP) is 1.93. The molecule has 6 heteroatoms. The van der Waals surface area contributed by atoms with E-state index in [1.165, 1.54) is 4.90 Å². The first-order chi connectivity index (χ1) is 9.55. The summed E-state index contributed by atoms with van der Waals surface area (Å²) in [6.45, 7) is -0.151. The lowest BCUT2D eigenvalue weighted by molar-refractivity contribution is -0.132. The van der Waals surface area contributed by atoms with Crippen LogP contribution in [0.3, 0.4) is 0 Å². The lowest BCUT2D eigenvalue weighted by Crippen LogP contribution is -2.38. The Labute approximate surface area is 125 Å². The number of carbonyl (C=O) groups excluding carboxylic acids is 1. The molecule has 20 heavy (non-hydrogen) atoms. The van der Waals surface area contributed by atoms with E-state index in [0.29, 0.717) is 5.75 Å². The molecule has 4 nitrogen and oxygen atoms in total. The second kappa shape index (κ2) is 6.54. The number of halogens is 2. The molecule has 0 bridgehead atoms. The highest BCUT2D eigenvalue weighted by atomic mass is 79.9. The van der Waals surface area contributed by atoms with Crippen molar-refractivity contribution in [2.45, 2.75) is 25.1 Å². The van der Waals surface area contributed by atoms with E-state index >= 15 is 0 Å². The minimum atomic E-state index is -1.06. The first-order valence-corrected chi connectivity index (χ1v) is 7.21. The molecule has 0 saturated carbocycles. The normalized spacial score (nSPS) is 22.1. The van der Waals surface area contributed by atoms with Crippen molar-refractivity contribution < 1.29 is 19.0 Å². The van der Waals surface area contributed by atoms with Gasteiger partial charge in [0.2, 0.25) is 5.91 Å². The number of likely N-dealkylation sites (tertiary alicyclic amines) is 1. The number of methoxy groups -OCH3 is 1. The molecule has 2 atom stereocenters. The number of amides is 1. The molecular formula is C14H17BrFNO3. The van der Waals surface area contributed by atoms with Gasteiger partial charge in [-0.3, -0.25) is 4.79 Å². The molecule has 1 aromatic rings. The van der Waals surface area contributed by atoms with E-state index < -0.39 is 12.2 Å².